The summed E-state index contributed by atoms with van der Waals surface area (Å²) in [6.07, 6.45) is 0. The lowest BCUT2D eigenvalue weighted by Crippen LogP contribution is -2.01. The molecule has 2 rings (SSSR count). The third kappa shape index (κ3) is 2.78. The molecule has 1 aromatic heterocycles. The Bertz CT molecular complexity index is 585. The molecule has 0 amide bonds. The average Bonchev–Trinajstić information content (AvgIpc) is 2.74. The highest BCUT2D eigenvalue weighted by Crippen LogP contribution is 2.22. The third-order valence-electron chi connectivity index (χ3n) is 2.24. The maximum atomic E-state index is 13.4. The Morgan fingerprint density at radius 3 is 2.78 bits per heavy atom. The summed E-state index contributed by atoms with van der Waals surface area (Å²) < 4.78 is 18.5. The van der Waals surface area contributed by atoms with Gasteiger partial charge in [0.15, 0.2) is 5.22 Å². The molecule has 0 aliphatic heterocycles. The maximum absolute atomic E-state index is 13.4. The number of hydrogen-bond donors (Lipinski definition) is 1. The SMILES string of the molecule is O=[N+]([O-])c1ccc(F)c(NCc2ccc(Cl)o2)c1. The van der Waals surface area contributed by atoms with Crippen LogP contribution in [0.25, 0.3) is 0 Å². The van der Waals surface area contributed by atoms with Gasteiger partial charge in [0.1, 0.15) is 11.6 Å². The molecule has 1 heterocycles. The quantitative estimate of drug-likeness (QED) is 0.681. The predicted molar refractivity (Wildman–Crippen MR) is 64.1 cm³/mol. The number of nitrogens with zero attached hydrogens (tertiary/aromatic N) is 1. The summed E-state index contributed by atoms with van der Waals surface area (Å²) in [7, 11) is 0. The zero-order valence-corrected chi connectivity index (χ0v) is 9.78. The van der Waals surface area contributed by atoms with E-state index >= 15 is 0 Å². The molecule has 0 saturated heterocycles. The van der Waals surface area contributed by atoms with Crippen molar-refractivity contribution in [2.24, 2.45) is 0 Å². The van der Waals surface area contributed by atoms with Crippen LogP contribution in [0.3, 0.4) is 0 Å². The van der Waals surface area contributed by atoms with E-state index in [9.17, 15) is 14.5 Å². The van der Waals surface area contributed by atoms with Crippen LogP contribution in [0.5, 0.6) is 0 Å². The van der Waals surface area contributed by atoms with Gasteiger partial charge >= 0.3 is 0 Å². The van der Waals surface area contributed by atoms with Crippen molar-refractivity contribution in [3.05, 3.63) is 57.2 Å². The Morgan fingerprint density at radius 1 is 1.39 bits per heavy atom. The molecule has 0 bridgehead atoms. The fourth-order valence-corrected chi connectivity index (χ4v) is 1.55. The van der Waals surface area contributed by atoms with Crippen LogP contribution in [-0.4, -0.2) is 4.92 Å². The molecule has 0 fully saturated rings. The van der Waals surface area contributed by atoms with Crippen molar-refractivity contribution in [3.8, 4) is 0 Å². The zero-order chi connectivity index (χ0) is 13.1. The molecule has 18 heavy (non-hydrogen) atoms. The lowest BCUT2D eigenvalue weighted by Gasteiger charge is -2.05. The summed E-state index contributed by atoms with van der Waals surface area (Å²) in [6, 6.07) is 6.45. The molecule has 7 heteroatoms. The highest BCUT2D eigenvalue weighted by Gasteiger charge is 2.11. The van der Waals surface area contributed by atoms with Crippen LogP contribution in [-0.2, 0) is 6.54 Å². The Labute approximate surface area is 106 Å². The van der Waals surface area contributed by atoms with Crippen molar-refractivity contribution in [1.29, 1.82) is 0 Å². The molecular formula is C11H8ClFN2O3. The van der Waals surface area contributed by atoms with E-state index in [0.29, 0.717) is 5.76 Å². The van der Waals surface area contributed by atoms with Gasteiger partial charge in [-0.15, -0.1) is 0 Å². The number of halogens is 2. The maximum Gasteiger partial charge on any atom is 0.271 e. The highest BCUT2D eigenvalue weighted by molar-refractivity contribution is 6.28. The Balaban J connectivity index is 2.13. The third-order valence-corrected chi connectivity index (χ3v) is 2.45. The number of hydrogen-bond acceptors (Lipinski definition) is 4. The molecule has 0 unspecified atom stereocenters. The van der Waals surface area contributed by atoms with Gasteiger partial charge in [-0.3, -0.25) is 10.1 Å². The first-order valence-electron chi connectivity index (χ1n) is 4.98. The summed E-state index contributed by atoms with van der Waals surface area (Å²) >= 11 is 5.58. The number of rotatable bonds is 4. The zero-order valence-electron chi connectivity index (χ0n) is 9.02. The van der Waals surface area contributed by atoms with E-state index in [-0.39, 0.29) is 23.1 Å². The van der Waals surface area contributed by atoms with Gasteiger partial charge in [-0.1, -0.05) is 0 Å². The van der Waals surface area contributed by atoms with Crippen molar-refractivity contribution in [2.75, 3.05) is 5.32 Å². The molecule has 0 spiro atoms. The van der Waals surface area contributed by atoms with E-state index in [1.807, 2.05) is 0 Å². The number of nitrogens with one attached hydrogen (secondary N) is 1. The van der Waals surface area contributed by atoms with Crippen molar-refractivity contribution >= 4 is 23.0 Å². The monoisotopic (exact) mass is 270 g/mol. The molecule has 5 nitrogen and oxygen atoms in total. The second-order valence-electron chi connectivity index (χ2n) is 3.48. The molecule has 0 atom stereocenters. The number of anilines is 1. The summed E-state index contributed by atoms with van der Waals surface area (Å²) in [4.78, 5) is 9.97. The molecule has 0 aliphatic rings. The van der Waals surface area contributed by atoms with Gasteiger partial charge in [-0.2, -0.15) is 0 Å². The van der Waals surface area contributed by atoms with Gasteiger partial charge in [0, 0.05) is 12.1 Å². The molecular weight excluding hydrogens is 263 g/mol. The van der Waals surface area contributed by atoms with Crippen molar-refractivity contribution < 1.29 is 13.7 Å². The van der Waals surface area contributed by atoms with E-state index in [1.165, 1.54) is 0 Å². The van der Waals surface area contributed by atoms with Gasteiger partial charge in [0.2, 0.25) is 0 Å². The highest BCUT2D eigenvalue weighted by atomic mass is 35.5. The van der Waals surface area contributed by atoms with Crippen LogP contribution in [0, 0.1) is 15.9 Å². The molecule has 1 aromatic carbocycles. The van der Waals surface area contributed by atoms with Crippen molar-refractivity contribution in [3.63, 3.8) is 0 Å². The van der Waals surface area contributed by atoms with Crippen LogP contribution in [0.2, 0.25) is 5.22 Å². The Hall–Kier alpha value is -2.08. The normalized spacial score (nSPS) is 10.3. The fraction of sp³-hybridized carbons (Fsp3) is 0.0909. The van der Waals surface area contributed by atoms with E-state index in [0.717, 1.165) is 18.2 Å². The predicted octanol–water partition coefficient (Wildman–Crippen LogP) is 3.59. The lowest BCUT2D eigenvalue weighted by atomic mass is 10.2. The minimum Gasteiger partial charge on any atom is -0.448 e. The molecule has 94 valence electrons. The standard InChI is InChI=1S/C11H8ClFN2O3/c12-11-4-2-8(18-11)6-14-10-5-7(15(16)17)1-3-9(10)13/h1-5,14H,6H2. The van der Waals surface area contributed by atoms with Gasteiger partial charge < -0.3 is 9.73 Å². The molecule has 2 aromatic rings. The molecule has 0 saturated carbocycles. The summed E-state index contributed by atoms with van der Waals surface area (Å²) in [5.41, 5.74) is -0.145. The molecule has 0 aliphatic carbocycles. The first-order valence-corrected chi connectivity index (χ1v) is 5.36. The van der Waals surface area contributed by atoms with Gasteiger partial charge in [0.05, 0.1) is 17.2 Å². The number of benzene rings is 1. The van der Waals surface area contributed by atoms with Crippen LogP contribution >= 0.6 is 11.6 Å². The van der Waals surface area contributed by atoms with Crippen LogP contribution in [0.4, 0.5) is 15.8 Å². The molecule has 0 radical (unpaired) electrons. The Kier molecular flexibility index (Phi) is 3.47. The molecule has 1 N–H and O–H groups in total. The summed E-state index contributed by atoms with van der Waals surface area (Å²) in [6.45, 7) is 0.185. The van der Waals surface area contributed by atoms with Crippen LogP contribution < -0.4 is 5.32 Å². The van der Waals surface area contributed by atoms with Crippen LogP contribution in [0.1, 0.15) is 5.76 Å². The van der Waals surface area contributed by atoms with Crippen molar-refractivity contribution in [2.45, 2.75) is 6.54 Å². The topological polar surface area (TPSA) is 68.3 Å². The van der Waals surface area contributed by atoms with Gasteiger partial charge in [-0.25, -0.2) is 4.39 Å². The van der Waals surface area contributed by atoms with E-state index in [1.54, 1.807) is 12.1 Å². The number of nitro groups is 1. The largest absolute Gasteiger partial charge is 0.448 e. The second kappa shape index (κ2) is 5.05. The number of furan rings is 1. The van der Waals surface area contributed by atoms with Gasteiger partial charge in [-0.05, 0) is 29.8 Å². The summed E-state index contributed by atoms with van der Waals surface area (Å²) in [5, 5.41) is 13.5. The average molecular weight is 271 g/mol. The summed E-state index contributed by atoms with van der Waals surface area (Å²) in [5.74, 6) is -0.0656. The van der Waals surface area contributed by atoms with E-state index in [2.05, 4.69) is 5.32 Å². The number of non-ortho nitro benzene ring substituents is 1. The second-order valence-corrected chi connectivity index (χ2v) is 3.85. The van der Waals surface area contributed by atoms with Gasteiger partial charge in [0.25, 0.3) is 5.69 Å². The number of nitro benzene ring substituents is 1. The van der Waals surface area contributed by atoms with Crippen molar-refractivity contribution in [1.82, 2.24) is 0 Å². The van der Waals surface area contributed by atoms with E-state index in [4.69, 9.17) is 16.0 Å². The fourth-order valence-electron chi connectivity index (χ4n) is 1.39. The van der Waals surface area contributed by atoms with Crippen LogP contribution in [0.15, 0.2) is 34.7 Å². The smallest absolute Gasteiger partial charge is 0.271 e. The first kappa shape index (κ1) is 12.4. The Morgan fingerprint density at radius 2 is 2.17 bits per heavy atom. The van der Waals surface area contributed by atoms with E-state index < -0.39 is 10.7 Å². The first-order chi connectivity index (χ1) is 8.56. The minimum absolute atomic E-state index is 0.0386. The minimum atomic E-state index is -0.589. The lowest BCUT2D eigenvalue weighted by molar-refractivity contribution is -0.384.